The number of pyridine rings is 1. The summed E-state index contributed by atoms with van der Waals surface area (Å²) in [5.41, 5.74) is 1.51. The highest BCUT2D eigenvalue weighted by atomic mass is 32.1. The Morgan fingerprint density at radius 1 is 1.20 bits per heavy atom. The van der Waals surface area contributed by atoms with Crippen molar-refractivity contribution < 1.29 is 23.8 Å². The number of benzene rings is 1. The van der Waals surface area contributed by atoms with Crippen LogP contribution in [0.3, 0.4) is 0 Å². The van der Waals surface area contributed by atoms with Crippen molar-refractivity contribution in [3.63, 3.8) is 0 Å². The summed E-state index contributed by atoms with van der Waals surface area (Å²) < 4.78 is 10.3. The van der Waals surface area contributed by atoms with Crippen LogP contribution in [0, 0.1) is 10.1 Å². The van der Waals surface area contributed by atoms with Crippen LogP contribution in [0.1, 0.15) is 19.2 Å². The van der Waals surface area contributed by atoms with Gasteiger partial charge in [0.2, 0.25) is 11.7 Å². The number of esters is 1. The average Bonchev–Trinajstić information content (AvgIpc) is 3.53. The summed E-state index contributed by atoms with van der Waals surface area (Å²) in [4.78, 5) is 47.6. The van der Waals surface area contributed by atoms with Gasteiger partial charge in [0.15, 0.2) is 11.2 Å². The molecule has 0 fully saturated rings. The number of rotatable bonds is 9. The first-order chi connectivity index (χ1) is 16.9. The van der Waals surface area contributed by atoms with Crippen molar-refractivity contribution in [2.24, 2.45) is 0 Å². The lowest BCUT2D eigenvalue weighted by molar-refractivity contribution is -0.384. The number of hydrogen-bond donors (Lipinski definition) is 1. The van der Waals surface area contributed by atoms with E-state index in [0.717, 1.165) is 11.3 Å². The number of aromatic nitrogens is 4. The molecule has 0 saturated carbocycles. The van der Waals surface area contributed by atoms with E-state index in [1.807, 2.05) is 0 Å². The van der Waals surface area contributed by atoms with Gasteiger partial charge < -0.3 is 9.26 Å². The zero-order chi connectivity index (χ0) is 24.8. The van der Waals surface area contributed by atoms with Gasteiger partial charge in [-0.05, 0) is 19.1 Å². The summed E-state index contributed by atoms with van der Waals surface area (Å²) >= 11 is 1.15. The second-order valence-electron chi connectivity index (χ2n) is 7.19. The molecule has 0 aliphatic rings. The van der Waals surface area contributed by atoms with Crippen LogP contribution in [0.5, 0.6) is 0 Å². The first-order valence-corrected chi connectivity index (χ1v) is 11.2. The maximum atomic E-state index is 12.4. The molecule has 1 aromatic carbocycles. The van der Waals surface area contributed by atoms with E-state index in [0.29, 0.717) is 22.8 Å². The van der Waals surface area contributed by atoms with Crippen LogP contribution in [0.4, 0.5) is 10.8 Å². The van der Waals surface area contributed by atoms with E-state index in [1.165, 1.54) is 19.1 Å². The second-order valence-corrected chi connectivity index (χ2v) is 8.05. The van der Waals surface area contributed by atoms with Gasteiger partial charge >= 0.3 is 5.97 Å². The number of carbonyl (C=O) groups excluding carboxylic acids is 2. The number of amides is 1. The molecule has 1 N–H and O–H groups in total. The topological polar surface area (TPSA) is 163 Å². The van der Waals surface area contributed by atoms with Gasteiger partial charge in [-0.25, -0.2) is 4.98 Å². The summed E-state index contributed by atoms with van der Waals surface area (Å²) in [5.74, 6) is -0.610. The number of nitro benzene ring substituents is 1. The molecule has 0 saturated heterocycles. The Hall–Kier alpha value is -4.52. The first kappa shape index (κ1) is 23.6. The lowest BCUT2D eigenvalue weighted by Gasteiger charge is -2.11. The van der Waals surface area contributed by atoms with E-state index in [-0.39, 0.29) is 29.6 Å². The van der Waals surface area contributed by atoms with Crippen LogP contribution in [-0.4, -0.2) is 43.0 Å². The van der Waals surface area contributed by atoms with Crippen molar-refractivity contribution in [2.75, 3.05) is 5.32 Å². The molecule has 4 aromatic rings. The Morgan fingerprint density at radius 3 is 2.83 bits per heavy atom. The number of nitro groups is 1. The number of carbonyl (C=O) groups is 2. The molecule has 1 unspecified atom stereocenters. The highest BCUT2D eigenvalue weighted by molar-refractivity contribution is 7.14. The molecule has 1 atom stereocenters. The van der Waals surface area contributed by atoms with E-state index in [4.69, 9.17) is 9.26 Å². The highest BCUT2D eigenvalue weighted by Gasteiger charge is 2.20. The van der Waals surface area contributed by atoms with E-state index in [9.17, 15) is 19.7 Å². The second kappa shape index (κ2) is 10.6. The van der Waals surface area contributed by atoms with Crippen molar-refractivity contribution in [1.29, 1.82) is 0 Å². The molecule has 0 aliphatic heterocycles. The van der Waals surface area contributed by atoms with Gasteiger partial charge in [0.25, 0.3) is 11.6 Å². The van der Waals surface area contributed by atoms with Crippen LogP contribution in [-0.2, 0) is 20.7 Å². The van der Waals surface area contributed by atoms with E-state index in [1.54, 1.807) is 41.9 Å². The Bertz CT molecular complexity index is 1360. The SMILES string of the molecule is CC(OC(=O)CCc1nc(-c2ccccn2)no1)C(=O)Nc1nc(-c2cccc([N+](=O)[O-])c2)cs1. The quantitative estimate of drug-likeness (QED) is 0.206. The molecule has 13 heteroatoms. The third kappa shape index (κ3) is 6.09. The Labute approximate surface area is 202 Å². The molecule has 0 radical (unpaired) electrons. The first-order valence-electron chi connectivity index (χ1n) is 10.3. The molecular formula is C22H18N6O6S. The number of nitrogens with one attached hydrogen (secondary N) is 1. The lowest BCUT2D eigenvalue weighted by Crippen LogP contribution is -2.30. The zero-order valence-electron chi connectivity index (χ0n) is 18.3. The van der Waals surface area contributed by atoms with Gasteiger partial charge in [0.1, 0.15) is 5.69 Å². The van der Waals surface area contributed by atoms with Crippen LogP contribution < -0.4 is 5.32 Å². The molecule has 0 spiro atoms. The molecule has 3 heterocycles. The predicted molar refractivity (Wildman–Crippen MR) is 124 cm³/mol. The number of aryl methyl sites for hydroxylation is 1. The number of nitrogens with zero attached hydrogens (tertiary/aromatic N) is 5. The van der Waals surface area contributed by atoms with Crippen molar-refractivity contribution in [2.45, 2.75) is 25.9 Å². The number of non-ortho nitro benzene ring substituents is 1. The Balaban J connectivity index is 1.27. The minimum atomic E-state index is -1.07. The van der Waals surface area contributed by atoms with Gasteiger partial charge in [-0.1, -0.05) is 23.4 Å². The van der Waals surface area contributed by atoms with E-state index < -0.39 is 22.9 Å². The lowest BCUT2D eigenvalue weighted by atomic mass is 10.1. The zero-order valence-corrected chi connectivity index (χ0v) is 19.1. The molecule has 3 aromatic heterocycles. The normalized spacial score (nSPS) is 11.6. The number of hydrogen-bond acceptors (Lipinski definition) is 11. The molecule has 0 aliphatic carbocycles. The van der Waals surface area contributed by atoms with Crippen molar-refractivity contribution in [3.8, 4) is 22.8 Å². The smallest absolute Gasteiger partial charge is 0.307 e. The third-order valence-electron chi connectivity index (χ3n) is 4.67. The number of ether oxygens (including phenoxy) is 1. The summed E-state index contributed by atoms with van der Waals surface area (Å²) in [6, 6.07) is 11.3. The Kier molecular flexibility index (Phi) is 7.16. The monoisotopic (exact) mass is 494 g/mol. The summed E-state index contributed by atoms with van der Waals surface area (Å²) in [5, 5.41) is 19.3. The molecule has 0 bridgehead atoms. The van der Waals surface area contributed by atoms with E-state index in [2.05, 4.69) is 25.4 Å². The van der Waals surface area contributed by atoms with Crippen LogP contribution in [0.25, 0.3) is 22.8 Å². The minimum Gasteiger partial charge on any atom is -0.453 e. The summed E-state index contributed by atoms with van der Waals surface area (Å²) in [6.45, 7) is 1.44. The highest BCUT2D eigenvalue weighted by Crippen LogP contribution is 2.27. The molecule has 35 heavy (non-hydrogen) atoms. The molecule has 178 valence electrons. The Morgan fingerprint density at radius 2 is 2.06 bits per heavy atom. The number of anilines is 1. The fourth-order valence-corrected chi connectivity index (χ4v) is 3.65. The van der Waals surface area contributed by atoms with Gasteiger partial charge in [0.05, 0.1) is 17.0 Å². The van der Waals surface area contributed by atoms with Gasteiger partial charge in [0, 0.05) is 35.7 Å². The van der Waals surface area contributed by atoms with Crippen molar-refractivity contribution in [3.05, 3.63) is 70.0 Å². The maximum Gasteiger partial charge on any atom is 0.307 e. The van der Waals surface area contributed by atoms with Crippen LogP contribution in [0.2, 0.25) is 0 Å². The largest absolute Gasteiger partial charge is 0.453 e. The molecule has 4 rings (SSSR count). The predicted octanol–water partition coefficient (Wildman–Crippen LogP) is 3.67. The molecule has 1 amide bonds. The molecule has 12 nitrogen and oxygen atoms in total. The van der Waals surface area contributed by atoms with Crippen LogP contribution >= 0.6 is 11.3 Å². The third-order valence-corrected chi connectivity index (χ3v) is 5.43. The fourth-order valence-electron chi connectivity index (χ4n) is 2.92. The minimum absolute atomic E-state index is 0.0599. The summed E-state index contributed by atoms with van der Waals surface area (Å²) in [7, 11) is 0. The molecular weight excluding hydrogens is 476 g/mol. The van der Waals surface area contributed by atoms with Crippen LogP contribution in [0.15, 0.2) is 58.6 Å². The van der Waals surface area contributed by atoms with E-state index >= 15 is 0 Å². The van der Waals surface area contributed by atoms with Gasteiger partial charge in [-0.3, -0.25) is 30.0 Å². The van der Waals surface area contributed by atoms with Crippen molar-refractivity contribution in [1.82, 2.24) is 20.1 Å². The summed E-state index contributed by atoms with van der Waals surface area (Å²) in [6.07, 6.45) is 0.622. The van der Waals surface area contributed by atoms with Gasteiger partial charge in [-0.15, -0.1) is 11.3 Å². The number of thiazole rings is 1. The fraction of sp³-hybridized carbons (Fsp3) is 0.182. The van der Waals surface area contributed by atoms with Gasteiger partial charge in [-0.2, -0.15) is 4.98 Å². The average molecular weight is 494 g/mol. The maximum absolute atomic E-state index is 12.4. The standard InChI is InChI=1S/C22H18N6O6S/c1-13(33-19(29)9-8-18-25-20(27-34-18)16-7-2-3-10-23-16)21(30)26-22-24-17(12-35-22)14-5-4-6-15(11-14)28(31)32/h2-7,10-13H,8-9H2,1H3,(H,24,26,30). The van der Waals surface area contributed by atoms with Crippen molar-refractivity contribution >= 4 is 34.0 Å².